The average molecular weight is 382 g/mol. The van der Waals surface area contributed by atoms with E-state index in [1.54, 1.807) is 6.92 Å². The maximum atomic E-state index is 12.0. The second-order valence-electron chi connectivity index (χ2n) is 6.12. The van der Waals surface area contributed by atoms with E-state index >= 15 is 0 Å². The molecule has 2 N–H and O–H groups in total. The van der Waals surface area contributed by atoms with Crippen LogP contribution in [0.3, 0.4) is 0 Å². The average Bonchev–Trinajstić information content (AvgIpc) is 2.69. The molecule has 0 saturated carbocycles. The fourth-order valence-corrected chi connectivity index (χ4v) is 2.51. The van der Waals surface area contributed by atoms with Crippen molar-refractivity contribution in [2.45, 2.75) is 33.1 Å². The number of carbonyl (C=O) groups excluding carboxylic acids is 2. The second-order valence-corrected chi connectivity index (χ2v) is 6.12. The number of benzene rings is 2. The lowest BCUT2D eigenvalue weighted by atomic mass is 10.1. The predicted octanol–water partition coefficient (Wildman–Crippen LogP) is 3.55. The molecule has 0 radical (unpaired) electrons. The number of aryl methyl sites for hydroxylation is 1. The van der Waals surface area contributed by atoms with E-state index in [1.807, 2.05) is 37.3 Å². The smallest absolute Gasteiger partial charge is 0.269 e. The highest BCUT2D eigenvalue weighted by Gasteiger charge is 2.12. The summed E-state index contributed by atoms with van der Waals surface area (Å²) in [7, 11) is 0. The molecule has 2 aromatic rings. The van der Waals surface area contributed by atoms with Gasteiger partial charge in [-0.1, -0.05) is 37.3 Å². The topological polar surface area (TPSA) is 114 Å². The van der Waals surface area contributed by atoms with Gasteiger partial charge in [-0.15, -0.1) is 0 Å². The molecule has 0 bridgehead atoms. The number of nitro groups is 1. The zero-order chi connectivity index (χ0) is 20.5. The minimum Gasteiger partial charge on any atom is -0.326 e. The molecule has 8 heteroatoms. The number of nitrogens with zero attached hydrogens (tertiary/aromatic N) is 2. The molecule has 0 fully saturated rings. The summed E-state index contributed by atoms with van der Waals surface area (Å²) in [5, 5.41) is 17.5. The van der Waals surface area contributed by atoms with Crippen molar-refractivity contribution < 1.29 is 14.5 Å². The Kier molecular flexibility index (Phi) is 7.38. The van der Waals surface area contributed by atoms with Crippen molar-refractivity contribution in [3.8, 4) is 0 Å². The van der Waals surface area contributed by atoms with Crippen molar-refractivity contribution in [3.63, 3.8) is 0 Å². The Morgan fingerprint density at radius 1 is 1.07 bits per heavy atom. The molecule has 0 atom stereocenters. The van der Waals surface area contributed by atoms with Crippen LogP contribution in [0.2, 0.25) is 0 Å². The molecule has 2 rings (SSSR count). The number of nitro benzene ring substituents is 1. The molecule has 0 aliphatic heterocycles. The van der Waals surface area contributed by atoms with Crippen molar-refractivity contribution >= 4 is 28.9 Å². The van der Waals surface area contributed by atoms with Crippen LogP contribution in [-0.2, 0) is 9.59 Å². The zero-order valence-electron chi connectivity index (χ0n) is 15.8. The highest BCUT2D eigenvalue weighted by molar-refractivity contribution is 6.01. The summed E-state index contributed by atoms with van der Waals surface area (Å²) in [6.45, 7) is 3.61. The molecule has 0 heterocycles. The Bertz CT molecular complexity index is 894. The molecule has 0 saturated heterocycles. The van der Waals surface area contributed by atoms with Crippen LogP contribution in [-0.4, -0.2) is 22.4 Å². The number of anilines is 1. The van der Waals surface area contributed by atoms with Crippen LogP contribution in [0.1, 0.15) is 37.3 Å². The van der Waals surface area contributed by atoms with Crippen molar-refractivity contribution in [2.24, 2.45) is 5.10 Å². The lowest BCUT2D eigenvalue weighted by molar-refractivity contribution is -0.384. The van der Waals surface area contributed by atoms with Gasteiger partial charge in [-0.25, -0.2) is 5.43 Å². The van der Waals surface area contributed by atoms with Crippen LogP contribution in [0.5, 0.6) is 0 Å². The van der Waals surface area contributed by atoms with Gasteiger partial charge in [0.05, 0.1) is 10.6 Å². The van der Waals surface area contributed by atoms with E-state index < -0.39 is 4.92 Å². The molecule has 28 heavy (non-hydrogen) atoms. The first kappa shape index (κ1) is 20.8. The number of hydrogen-bond donors (Lipinski definition) is 2. The number of hydrazone groups is 1. The lowest BCUT2D eigenvalue weighted by Gasteiger charge is -2.08. The number of non-ortho nitro benzene ring substituents is 1. The molecule has 0 aromatic heterocycles. The molecule has 0 unspecified atom stereocenters. The number of nitrogens with one attached hydrogen (secondary N) is 2. The van der Waals surface area contributed by atoms with Gasteiger partial charge in [0.15, 0.2) is 0 Å². The van der Waals surface area contributed by atoms with Gasteiger partial charge in [0.1, 0.15) is 0 Å². The normalized spacial score (nSPS) is 11.0. The Hall–Kier alpha value is -3.55. The Balaban J connectivity index is 1.86. The van der Waals surface area contributed by atoms with Crippen molar-refractivity contribution in [1.29, 1.82) is 0 Å². The van der Waals surface area contributed by atoms with E-state index in [0.29, 0.717) is 17.7 Å². The summed E-state index contributed by atoms with van der Waals surface area (Å²) in [4.78, 5) is 34.3. The molecular formula is C20H22N4O4. The Morgan fingerprint density at radius 3 is 2.36 bits per heavy atom. The Morgan fingerprint density at radius 2 is 1.75 bits per heavy atom. The third kappa shape index (κ3) is 6.01. The second kappa shape index (κ2) is 9.96. The molecule has 8 nitrogen and oxygen atoms in total. The fraction of sp³-hybridized carbons (Fsp3) is 0.250. The van der Waals surface area contributed by atoms with Crippen molar-refractivity contribution in [2.75, 3.05) is 5.32 Å². The zero-order valence-corrected chi connectivity index (χ0v) is 15.8. The van der Waals surface area contributed by atoms with Crippen molar-refractivity contribution in [1.82, 2.24) is 5.43 Å². The van der Waals surface area contributed by atoms with Crippen LogP contribution < -0.4 is 10.7 Å². The van der Waals surface area contributed by atoms with E-state index in [-0.39, 0.29) is 30.3 Å². The minimum absolute atomic E-state index is 0.0207. The third-order valence-corrected chi connectivity index (χ3v) is 4.03. The third-order valence-electron chi connectivity index (χ3n) is 4.03. The lowest BCUT2D eigenvalue weighted by Crippen LogP contribution is -2.22. The van der Waals surface area contributed by atoms with Crippen LogP contribution in [0.25, 0.3) is 0 Å². The first-order valence-electron chi connectivity index (χ1n) is 8.86. The fourth-order valence-electron chi connectivity index (χ4n) is 2.51. The monoisotopic (exact) mass is 382 g/mol. The quantitative estimate of drug-likeness (QED) is 0.413. The van der Waals surface area contributed by atoms with E-state index in [4.69, 9.17) is 0 Å². The number of rotatable bonds is 8. The molecule has 2 amide bonds. The summed E-state index contributed by atoms with van der Waals surface area (Å²) >= 11 is 0. The summed E-state index contributed by atoms with van der Waals surface area (Å²) in [6.07, 6.45) is 0.613. The van der Waals surface area contributed by atoms with Gasteiger partial charge in [-0.2, -0.15) is 5.10 Å². The van der Waals surface area contributed by atoms with Gasteiger partial charge in [0.2, 0.25) is 11.8 Å². The standard InChI is InChI=1S/C20H22N4O4/c1-3-17(15-7-5-4-6-8-15)22-23-20(26)12-11-19(25)21-18-10-9-16(24(27)28)13-14(18)2/h4-10,13H,3,11-12H2,1-2H3,(H,21,25)(H,23,26)/b22-17+. The summed E-state index contributed by atoms with van der Waals surface area (Å²) in [5.74, 6) is -0.715. The summed E-state index contributed by atoms with van der Waals surface area (Å²) in [6, 6.07) is 13.7. The van der Waals surface area contributed by atoms with Crippen LogP contribution in [0.15, 0.2) is 53.6 Å². The molecule has 0 aliphatic rings. The van der Waals surface area contributed by atoms with Crippen molar-refractivity contribution in [3.05, 3.63) is 69.8 Å². The highest BCUT2D eigenvalue weighted by atomic mass is 16.6. The van der Waals surface area contributed by atoms with Crippen LogP contribution >= 0.6 is 0 Å². The maximum absolute atomic E-state index is 12.0. The van der Waals surface area contributed by atoms with Gasteiger partial charge < -0.3 is 5.32 Å². The van der Waals surface area contributed by atoms with Gasteiger partial charge in [-0.3, -0.25) is 19.7 Å². The Labute approximate surface area is 162 Å². The largest absolute Gasteiger partial charge is 0.326 e. The number of carbonyl (C=O) groups is 2. The van der Waals surface area contributed by atoms with E-state index in [2.05, 4.69) is 15.8 Å². The first-order chi connectivity index (χ1) is 13.4. The van der Waals surface area contributed by atoms with Crippen LogP contribution in [0.4, 0.5) is 11.4 Å². The summed E-state index contributed by atoms with van der Waals surface area (Å²) in [5.41, 5.74) is 5.16. The predicted molar refractivity (Wildman–Crippen MR) is 107 cm³/mol. The summed E-state index contributed by atoms with van der Waals surface area (Å²) < 4.78 is 0. The highest BCUT2D eigenvalue weighted by Crippen LogP contribution is 2.21. The van der Waals surface area contributed by atoms with Gasteiger partial charge in [0, 0.05) is 30.7 Å². The minimum atomic E-state index is -0.497. The maximum Gasteiger partial charge on any atom is 0.269 e. The van der Waals surface area contributed by atoms with Gasteiger partial charge in [0.25, 0.3) is 5.69 Å². The van der Waals surface area contributed by atoms with E-state index in [0.717, 1.165) is 11.3 Å². The molecule has 0 aliphatic carbocycles. The molecular weight excluding hydrogens is 360 g/mol. The van der Waals surface area contributed by atoms with Gasteiger partial charge in [-0.05, 0) is 30.5 Å². The molecule has 146 valence electrons. The first-order valence-corrected chi connectivity index (χ1v) is 8.86. The molecule has 2 aromatic carbocycles. The van der Waals surface area contributed by atoms with Crippen LogP contribution in [0, 0.1) is 17.0 Å². The van der Waals surface area contributed by atoms with E-state index in [9.17, 15) is 19.7 Å². The van der Waals surface area contributed by atoms with Gasteiger partial charge >= 0.3 is 0 Å². The van der Waals surface area contributed by atoms with E-state index in [1.165, 1.54) is 18.2 Å². The number of hydrogen-bond acceptors (Lipinski definition) is 5. The number of amides is 2. The molecule has 0 spiro atoms. The SMILES string of the molecule is CC/C(=N\NC(=O)CCC(=O)Nc1ccc([N+](=O)[O-])cc1C)c1ccccc1.